The topological polar surface area (TPSA) is 39.9 Å². The summed E-state index contributed by atoms with van der Waals surface area (Å²) in [7, 11) is 1.99. The van der Waals surface area contributed by atoms with Crippen molar-refractivity contribution in [2.45, 2.75) is 18.8 Å². The maximum Gasteiger partial charge on any atom is 0.135 e. The van der Waals surface area contributed by atoms with E-state index in [0.717, 1.165) is 31.9 Å². The van der Waals surface area contributed by atoms with Crippen molar-refractivity contribution in [3.05, 3.63) is 12.2 Å². The molecule has 0 bridgehead atoms. The molecular formula is C8H13N3O. The average Bonchev–Trinajstić information content (AvgIpc) is 2.53. The molecule has 0 unspecified atom stereocenters. The molecule has 0 amide bonds. The minimum absolute atomic E-state index is 0.547. The Morgan fingerprint density at radius 2 is 2.25 bits per heavy atom. The zero-order valence-corrected chi connectivity index (χ0v) is 7.23. The number of aromatic nitrogens is 3. The zero-order valence-electron chi connectivity index (χ0n) is 7.23. The molecule has 0 aromatic carbocycles. The number of nitrogens with zero attached hydrogens (tertiary/aromatic N) is 3. The molecule has 12 heavy (non-hydrogen) atoms. The fraction of sp³-hybridized carbons (Fsp3) is 0.750. The summed E-state index contributed by atoms with van der Waals surface area (Å²) in [6, 6.07) is 0. The predicted octanol–water partition coefficient (Wildman–Crippen LogP) is 0.709. The standard InChI is InChI=1S/C8H13N3O/c1-11-6-9-10-8(11)7-2-4-12-5-3-7/h6-7H,2-5H2,1H3. The molecule has 2 rings (SSSR count). The van der Waals surface area contributed by atoms with E-state index in [1.807, 2.05) is 11.6 Å². The molecule has 0 radical (unpaired) electrons. The first-order valence-corrected chi connectivity index (χ1v) is 4.29. The van der Waals surface area contributed by atoms with Crippen molar-refractivity contribution in [3.8, 4) is 0 Å². The highest BCUT2D eigenvalue weighted by Crippen LogP contribution is 2.24. The Kier molecular flexibility index (Phi) is 2.08. The van der Waals surface area contributed by atoms with Gasteiger partial charge in [-0.3, -0.25) is 0 Å². The summed E-state index contributed by atoms with van der Waals surface area (Å²) >= 11 is 0. The van der Waals surface area contributed by atoms with Crippen LogP contribution in [0.5, 0.6) is 0 Å². The van der Waals surface area contributed by atoms with Crippen LogP contribution >= 0.6 is 0 Å². The number of aryl methyl sites for hydroxylation is 1. The van der Waals surface area contributed by atoms with Gasteiger partial charge in [-0.15, -0.1) is 10.2 Å². The number of hydrogen-bond acceptors (Lipinski definition) is 3. The van der Waals surface area contributed by atoms with Crippen LogP contribution in [0, 0.1) is 0 Å². The molecule has 0 spiro atoms. The van der Waals surface area contributed by atoms with E-state index in [-0.39, 0.29) is 0 Å². The SMILES string of the molecule is Cn1cnnc1C1CCOCC1. The van der Waals surface area contributed by atoms with Crippen LogP contribution in [0.3, 0.4) is 0 Å². The highest BCUT2D eigenvalue weighted by Gasteiger charge is 2.19. The van der Waals surface area contributed by atoms with Crippen LogP contribution in [-0.2, 0) is 11.8 Å². The molecule has 1 aromatic heterocycles. The maximum atomic E-state index is 5.28. The van der Waals surface area contributed by atoms with Crippen molar-refractivity contribution in [2.75, 3.05) is 13.2 Å². The third-order valence-corrected chi connectivity index (χ3v) is 2.33. The summed E-state index contributed by atoms with van der Waals surface area (Å²) in [5, 5.41) is 7.97. The quantitative estimate of drug-likeness (QED) is 0.618. The van der Waals surface area contributed by atoms with E-state index >= 15 is 0 Å². The molecule has 1 aromatic rings. The first kappa shape index (κ1) is 7.73. The molecule has 0 aliphatic carbocycles. The Morgan fingerprint density at radius 3 is 2.83 bits per heavy atom. The van der Waals surface area contributed by atoms with Crippen LogP contribution in [0.1, 0.15) is 24.6 Å². The Hall–Kier alpha value is -0.900. The van der Waals surface area contributed by atoms with Gasteiger partial charge in [-0.05, 0) is 12.8 Å². The van der Waals surface area contributed by atoms with E-state index in [2.05, 4.69) is 10.2 Å². The number of hydrogen-bond donors (Lipinski definition) is 0. The monoisotopic (exact) mass is 167 g/mol. The summed E-state index contributed by atoms with van der Waals surface area (Å²) in [4.78, 5) is 0. The van der Waals surface area contributed by atoms with E-state index in [4.69, 9.17) is 4.74 Å². The molecular weight excluding hydrogens is 154 g/mol. The fourth-order valence-corrected chi connectivity index (χ4v) is 1.62. The van der Waals surface area contributed by atoms with Crippen LogP contribution in [0.2, 0.25) is 0 Å². The zero-order chi connectivity index (χ0) is 8.39. The first-order valence-electron chi connectivity index (χ1n) is 4.29. The lowest BCUT2D eigenvalue weighted by Gasteiger charge is -2.20. The molecule has 4 nitrogen and oxygen atoms in total. The van der Waals surface area contributed by atoms with Gasteiger partial charge in [0.2, 0.25) is 0 Å². The van der Waals surface area contributed by atoms with Crippen molar-refractivity contribution in [1.29, 1.82) is 0 Å². The van der Waals surface area contributed by atoms with Crippen LogP contribution in [0.25, 0.3) is 0 Å². The first-order chi connectivity index (χ1) is 5.88. The second-order valence-electron chi connectivity index (χ2n) is 3.19. The number of rotatable bonds is 1. The lowest BCUT2D eigenvalue weighted by Crippen LogP contribution is -2.17. The summed E-state index contributed by atoms with van der Waals surface area (Å²) in [6.45, 7) is 1.72. The van der Waals surface area contributed by atoms with Gasteiger partial charge in [0.05, 0.1) is 0 Å². The molecule has 4 heteroatoms. The largest absolute Gasteiger partial charge is 0.381 e. The minimum atomic E-state index is 0.547. The summed E-state index contributed by atoms with van der Waals surface area (Å²) in [6.07, 6.45) is 3.91. The molecule has 66 valence electrons. The van der Waals surface area contributed by atoms with Crippen molar-refractivity contribution in [1.82, 2.24) is 14.8 Å². The fourth-order valence-electron chi connectivity index (χ4n) is 1.62. The van der Waals surface area contributed by atoms with E-state index in [0.29, 0.717) is 5.92 Å². The van der Waals surface area contributed by atoms with Gasteiger partial charge in [0, 0.05) is 26.2 Å². The normalized spacial score (nSPS) is 19.8. The molecule has 2 heterocycles. The van der Waals surface area contributed by atoms with Crippen LogP contribution in [-0.4, -0.2) is 28.0 Å². The molecule has 1 fully saturated rings. The van der Waals surface area contributed by atoms with Gasteiger partial charge in [-0.1, -0.05) is 0 Å². The summed E-state index contributed by atoms with van der Waals surface area (Å²) < 4.78 is 7.28. The van der Waals surface area contributed by atoms with Gasteiger partial charge >= 0.3 is 0 Å². The average molecular weight is 167 g/mol. The highest BCUT2D eigenvalue weighted by atomic mass is 16.5. The Labute approximate surface area is 71.6 Å². The summed E-state index contributed by atoms with van der Waals surface area (Å²) in [5.41, 5.74) is 0. The molecule has 0 N–H and O–H groups in total. The lowest BCUT2D eigenvalue weighted by atomic mass is 10.00. The van der Waals surface area contributed by atoms with Crippen molar-refractivity contribution in [2.24, 2.45) is 7.05 Å². The molecule has 1 aliphatic rings. The van der Waals surface area contributed by atoms with Gasteiger partial charge in [0.25, 0.3) is 0 Å². The Morgan fingerprint density at radius 1 is 1.50 bits per heavy atom. The molecule has 1 saturated heterocycles. The van der Waals surface area contributed by atoms with E-state index in [1.165, 1.54) is 0 Å². The third kappa shape index (κ3) is 1.34. The molecule has 1 aliphatic heterocycles. The van der Waals surface area contributed by atoms with Gasteiger partial charge < -0.3 is 9.30 Å². The van der Waals surface area contributed by atoms with Crippen LogP contribution in [0.4, 0.5) is 0 Å². The van der Waals surface area contributed by atoms with Crippen molar-refractivity contribution >= 4 is 0 Å². The van der Waals surface area contributed by atoms with E-state index in [1.54, 1.807) is 6.33 Å². The van der Waals surface area contributed by atoms with E-state index < -0.39 is 0 Å². The second-order valence-corrected chi connectivity index (χ2v) is 3.19. The van der Waals surface area contributed by atoms with E-state index in [9.17, 15) is 0 Å². The minimum Gasteiger partial charge on any atom is -0.381 e. The van der Waals surface area contributed by atoms with Gasteiger partial charge in [-0.25, -0.2) is 0 Å². The molecule has 0 atom stereocenters. The smallest absolute Gasteiger partial charge is 0.135 e. The van der Waals surface area contributed by atoms with Crippen LogP contribution < -0.4 is 0 Å². The molecule has 0 saturated carbocycles. The van der Waals surface area contributed by atoms with Crippen molar-refractivity contribution in [3.63, 3.8) is 0 Å². The Bertz CT molecular complexity index is 253. The second kappa shape index (κ2) is 3.23. The highest BCUT2D eigenvalue weighted by molar-refractivity contribution is 4.96. The lowest BCUT2D eigenvalue weighted by molar-refractivity contribution is 0.0829. The van der Waals surface area contributed by atoms with Gasteiger partial charge in [0.1, 0.15) is 12.2 Å². The van der Waals surface area contributed by atoms with Gasteiger partial charge in [-0.2, -0.15) is 0 Å². The Balaban J connectivity index is 2.13. The predicted molar refractivity (Wildman–Crippen MR) is 43.8 cm³/mol. The summed E-state index contributed by atoms with van der Waals surface area (Å²) in [5.74, 6) is 1.64. The third-order valence-electron chi connectivity index (χ3n) is 2.33. The number of ether oxygens (including phenoxy) is 1. The van der Waals surface area contributed by atoms with Crippen molar-refractivity contribution < 1.29 is 4.74 Å². The van der Waals surface area contributed by atoms with Crippen LogP contribution in [0.15, 0.2) is 6.33 Å². The maximum absolute atomic E-state index is 5.28. The van der Waals surface area contributed by atoms with Gasteiger partial charge in [0.15, 0.2) is 0 Å².